The van der Waals surface area contributed by atoms with Crippen LogP contribution in [-0.2, 0) is 29.3 Å². The van der Waals surface area contributed by atoms with Crippen LogP contribution in [0.3, 0.4) is 0 Å². The van der Waals surface area contributed by atoms with E-state index in [4.69, 9.17) is 0 Å². The number of hydrogen-bond acceptors (Lipinski definition) is 6. The molecule has 0 heterocycles. The molecule has 2 N–H and O–H groups in total. The molecule has 9 heteroatoms. The molecule has 18 heavy (non-hydrogen) atoms. The maximum absolute atomic E-state index is 11.5. The maximum atomic E-state index is 11.5. The van der Waals surface area contributed by atoms with Crippen molar-refractivity contribution in [3.63, 3.8) is 0 Å². The first-order valence-corrected chi connectivity index (χ1v) is 6.63. The van der Waals surface area contributed by atoms with Crippen molar-refractivity contribution in [3.05, 3.63) is 0 Å². The fourth-order valence-corrected chi connectivity index (χ4v) is 2.11. The van der Waals surface area contributed by atoms with Gasteiger partial charge in [0, 0.05) is 0 Å². The van der Waals surface area contributed by atoms with Crippen LogP contribution >= 0.6 is 0 Å². The van der Waals surface area contributed by atoms with Crippen molar-refractivity contribution in [1.82, 2.24) is 9.44 Å². The number of ether oxygens (including phenoxy) is 2. The van der Waals surface area contributed by atoms with E-state index in [1.165, 1.54) is 0 Å². The lowest BCUT2D eigenvalue weighted by Gasteiger charge is -2.19. The van der Waals surface area contributed by atoms with Crippen LogP contribution in [0.5, 0.6) is 0 Å². The number of carbonyl (C=O) groups excluding carboxylic acids is 2. The minimum atomic E-state index is -3.99. The first-order valence-electron chi connectivity index (χ1n) is 5.15. The Balaban J connectivity index is 4.62. The molecule has 0 aliphatic heterocycles. The predicted molar refractivity (Wildman–Crippen MR) is 62.7 cm³/mol. The Morgan fingerprint density at radius 2 is 1.72 bits per heavy atom. The largest absolute Gasteiger partial charge is 0.468 e. The minimum absolute atomic E-state index is 0.299. The van der Waals surface area contributed by atoms with Gasteiger partial charge in [-0.25, -0.2) is 0 Å². The van der Waals surface area contributed by atoms with Crippen molar-refractivity contribution in [2.24, 2.45) is 5.92 Å². The third-order valence-corrected chi connectivity index (χ3v) is 3.13. The SMILES string of the molecule is COC(=O)CNS(=O)(=O)NC(C(=O)OC)C(C)C. The summed E-state index contributed by atoms with van der Waals surface area (Å²) in [7, 11) is -1.69. The van der Waals surface area contributed by atoms with E-state index >= 15 is 0 Å². The van der Waals surface area contributed by atoms with Gasteiger partial charge in [0.05, 0.1) is 14.2 Å². The molecule has 1 unspecified atom stereocenters. The predicted octanol–water partition coefficient (Wildman–Crippen LogP) is -1.22. The number of methoxy groups -OCH3 is 2. The highest BCUT2D eigenvalue weighted by Crippen LogP contribution is 2.04. The Labute approximate surface area is 106 Å². The highest BCUT2D eigenvalue weighted by Gasteiger charge is 2.28. The fourth-order valence-electron chi connectivity index (χ4n) is 1.02. The quantitative estimate of drug-likeness (QED) is 0.566. The zero-order valence-corrected chi connectivity index (χ0v) is 11.5. The highest BCUT2D eigenvalue weighted by molar-refractivity contribution is 7.87. The molecule has 0 amide bonds. The highest BCUT2D eigenvalue weighted by atomic mass is 32.2. The number of carbonyl (C=O) groups is 2. The van der Waals surface area contributed by atoms with E-state index in [2.05, 4.69) is 14.2 Å². The van der Waals surface area contributed by atoms with Gasteiger partial charge < -0.3 is 9.47 Å². The monoisotopic (exact) mass is 282 g/mol. The molecular weight excluding hydrogens is 264 g/mol. The van der Waals surface area contributed by atoms with E-state index in [0.29, 0.717) is 0 Å². The molecule has 8 nitrogen and oxygen atoms in total. The van der Waals surface area contributed by atoms with Crippen molar-refractivity contribution in [2.45, 2.75) is 19.9 Å². The van der Waals surface area contributed by atoms with Gasteiger partial charge in [-0.3, -0.25) is 9.59 Å². The van der Waals surface area contributed by atoms with E-state index in [9.17, 15) is 18.0 Å². The minimum Gasteiger partial charge on any atom is -0.468 e. The van der Waals surface area contributed by atoms with Crippen molar-refractivity contribution < 1.29 is 27.5 Å². The lowest BCUT2D eigenvalue weighted by Crippen LogP contribution is -2.50. The van der Waals surface area contributed by atoms with Crippen LogP contribution in [0.15, 0.2) is 0 Å². The van der Waals surface area contributed by atoms with Crippen LogP contribution in [0.1, 0.15) is 13.8 Å². The van der Waals surface area contributed by atoms with Crippen LogP contribution in [-0.4, -0.2) is 47.2 Å². The Kier molecular flexibility index (Phi) is 6.81. The number of esters is 2. The van der Waals surface area contributed by atoms with Gasteiger partial charge in [-0.15, -0.1) is 0 Å². The molecule has 0 aromatic rings. The van der Waals surface area contributed by atoms with E-state index in [-0.39, 0.29) is 5.92 Å². The summed E-state index contributed by atoms with van der Waals surface area (Å²) < 4.78 is 35.9. The van der Waals surface area contributed by atoms with Crippen LogP contribution in [0.2, 0.25) is 0 Å². The van der Waals surface area contributed by atoms with Gasteiger partial charge >= 0.3 is 11.9 Å². The molecule has 0 saturated heterocycles. The molecule has 1 atom stereocenters. The molecule has 0 rings (SSSR count). The van der Waals surface area contributed by atoms with E-state index < -0.39 is 34.7 Å². The number of hydrogen-bond donors (Lipinski definition) is 2. The molecule has 0 aromatic heterocycles. The molecule has 106 valence electrons. The molecule has 0 saturated carbocycles. The van der Waals surface area contributed by atoms with Gasteiger partial charge in [0.25, 0.3) is 10.2 Å². The lowest BCUT2D eigenvalue weighted by atomic mass is 10.1. The molecule has 0 aliphatic rings. The first-order chi connectivity index (χ1) is 8.23. The van der Waals surface area contributed by atoms with Gasteiger partial charge in [0.1, 0.15) is 12.6 Å². The molecular formula is C9H18N2O6S. The fraction of sp³-hybridized carbons (Fsp3) is 0.778. The van der Waals surface area contributed by atoms with E-state index in [0.717, 1.165) is 14.2 Å². The lowest BCUT2D eigenvalue weighted by molar-refractivity contribution is -0.143. The van der Waals surface area contributed by atoms with Crippen LogP contribution < -0.4 is 9.44 Å². The topological polar surface area (TPSA) is 111 Å². The van der Waals surface area contributed by atoms with E-state index in [1.54, 1.807) is 13.8 Å². The molecule has 0 radical (unpaired) electrons. The molecule has 0 aliphatic carbocycles. The summed E-state index contributed by atoms with van der Waals surface area (Å²) in [5, 5.41) is 0. The second kappa shape index (κ2) is 7.29. The van der Waals surface area contributed by atoms with Crippen LogP contribution in [0, 0.1) is 5.92 Å². The van der Waals surface area contributed by atoms with Gasteiger partial charge in [-0.1, -0.05) is 13.8 Å². The second-order valence-electron chi connectivity index (χ2n) is 3.76. The van der Waals surface area contributed by atoms with E-state index in [1.807, 2.05) is 4.72 Å². The van der Waals surface area contributed by atoms with Crippen molar-refractivity contribution in [1.29, 1.82) is 0 Å². The number of rotatable bonds is 7. The summed E-state index contributed by atoms with van der Waals surface area (Å²) in [5.74, 6) is -1.74. The summed E-state index contributed by atoms with van der Waals surface area (Å²) >= 11 is 0. The summed E-state index contributed by atoms with van der Waals surface area (Å²) in [6, 6.07) is -1.02. The van der Waals surface area contributed by atoms with Crippen molar-refractivity contribution in [2.75, 3.05) is 20.8 Å². The average Bonchev–Trinajstić information content (AvgIpc) is 2.31. The van der Waals surface area contributed by atoms with Gasteiger partial charge in [-0.2, -0.15) is 17.9 Å². The second-order valence-corrected chi connectivity index (χ2v) is 5.29. The zero-order chi connectivity index (χ0) is 14.3. The molecule has 0 spiro atoms. The van der Waals surface area contributed by atoms with Crippen LogP contribution in [0.25, 0.3) is 0 Å². The first kappa shape index (κ1) is 16.8. The number of nitrogens with one attached hydrogen (secondary N) is 2. The molecule has 0 fully saturated rings. The standard InChI is InChI=1S/C9H18N2O6S/c1-6(2)8(9(13)17-4)11-18(14,15)10-5-7(12)16-3/h6,8,10-11H,5H2,1-4H3. The third-order valence-electron chi connectivity index (χ3n) is 2.04. The maximum Gasteiger partial charge on any atom is 0.324 e. The summed E-state index contributed by atoms with van der Waals surface area (Å²) in [4.78, 5) is 22.2. The normalized spacial score (nSPS) is 13.2. The smallest absolute Gasteiger partial charge is 0.324 e. The zero-order valence-electron chi connectivity index (χ0n) is 10.7. The molecule has 0 bridgehead atoms. The Bertz CT molecular complexity index is 392. The average molecular weight is 282 g/mol. The van der Waals surface area contributed by atoms with Crippen molar-refractivity contribution >= 4 is 22.1 Å². The Hall–Kier alpha value is -1.19. The summed E-state index contributed by atoms with van der Waals surface area (Å²) in [6.45, 7) is 2.80. The summed E-state index contributed by atoms with van der Waals surface area (Å²) in [6.07, 6.45) is 0. The Morgan fingerprint density at radius 3 is 2.11 bits per heavy atom. The van der Waals surface area contributed by atoms with Crippen LogP contribution in [0.4, 0.5) is 0 Å². The third kappa shape index (κ3) is 5.94. The van der Waals surface area contributed by atoms with Gasteiger partial charge in [0.2, 0.25) is 0 Å². The Morgan fingerprint density at radius 1 is 1.17 bits per heavy atom. The van der Waals surface area contributed by atoms with Crippen molar-refractivity contribution in [3.8, 4) is 0 Å². The van der Waals surface area contributed by atoms with Gasteiger partial charge in [0.15, 0.2) is 0 Å². The van der Waals surface area contributed by atoms with Gasteiger partial charge in [-0.05, 0) is 5.92 Å². The summed E-state index contributed by atoms with van der Waals surface area (Å²) in [5.41, 5.74) is 0. The molecule has 0 aromatic carbocycles.